The van der Waals surface area contributed by atoms with Gasteiger partial charge in [0, 0.05) is 6.04 Å². The maximum atomic E-state index is 13.3. The predicted octanol–water partition coefficient (Wildman–Crippen LogP) is 0.735. The van der Waals surface area contributed by atoms with Crippen molar-refractivity contribution in [3.05, 3.63) is 39.4 Å². The Hall–Kier alpha value is -1.60. The summed E-state index contributed by atoms with van der Waals surface area (Å²) in [6, 6.07) is 0.507. The molecular formula is C9H10F2N2O3. The number of rotatable bonds is 4. The molecule has 88 valence electrons. The number of aliphatic hydroxyl groups excluding tert-OH is 1. The summed E-state index contributed by atoms with van der Waals surface area (Å²) >= 11 is 0. The lowest BCUT2D eigenvalue weighted by Gasteiger charge is -2.08. The summed E-state index contributed by atoms with van der Waals surface area (Å²) < 4.78 is 26.4. The molecule has 7 heteroatoms. The Morgan fingerprint density at radius 3 is 2.56 bits per heavy atom. The molecule has 0 aliphatic rings. The van der Waals surface area contributed by atoms with Crippen LogP contribution in [-0.2, 0) is 6.42 Å². The number of aliphatic hydroxyl groups is 1. The van der Waals surface area contributed by atoms with Crippen LogP contribution in [0, 0.1) is 21.7 Å². The van der Waals surface area contributed by atoms with E-state index >= 15 is 0 Å². The lowest BCUT2D eigenvalue weighted by Crippen LogP contribution is -2.27. The van der Waals surface area contributed by atoms with Gasteiger partial charge in [-0.25, -0.2) is 4.39 Å². The first kappa shape index (κ1) is 12.5. The summed E-state index contributed by atoms with van der Waals surface area (Å²) in [6.07, 6.45) is -0.0861. The summed E-state index contributed by atoms with van der Waals surface area (Å²) in [7, 11) is 0. The molecule has 1 unspecified atom stereocenters. The topological polar surface area (TPSA) is 89.4 Å². The maximum Gasteiger partial charge on any atom is 0.307 e. The first-order valence-electron chi connectivity index (χ1n) is 4.44. The van der Waals surface area contributed by atoms with Crippen LogP contribution >= 0.6 is 0 Å². The van der Waals surface area contributed by atoms with Crippen LogP contribution in [0.3, 0.4) is 0 Å². The Balaban J connectivity index is 3.05. The highest BCUT2D eigenvalue weighted by molar-refractivity contribution is 5.36. The Morgan fingerprint density at radius 1 is 1.44 bits per heavy atom. The van der Waals surface area contributed by atoms with E-state index in [9.17, 15) is 18.9 Å². The molecule has 0 radical (unpaired) electrons. The van der Waals surface area contributed by atoms with Crippen LogP contribution in [0.5, 0.6) is 0 Å². The number of benzene rings is 1. The van der Waals surface area contributed by atoms with Crippen LogP contribution in [0.1, 0.15) is 5.56 Å². The molecule has 0 saturated heterocycles. The Morgan fingerprint density at radius 2 is 2.06 bits per heavy atom. The smallest absolute Gasteiger partial charge is 0.307 e. The number of hydrogen-bond donors (Lipinski definition) is 2. The quantitative estimate of drug-likeness (QED) is 0.591. The number of nitro groups is 1. The number of nitrogens with two attached hydrogens (primary N) is 1. The fraction of sp³-hybridized carbons (Fsp3) is 0.333. The van der Waals surface area contributed by atoms with E-state index in [1.54, 1.807) is 0 Å². The standard InChI is InChI=1S/C9H10F2N2O3/c10-7-3-9(13(15)16)8(11)2-5(7)1-6(12)4-14/h2-3,6,14H,1,4,12H2. The summed E-state index contributed by atoms with van der Waals surface area (Å²) in [6.45, 7) is -0.377. The predicted molar refractivity (Wildman–Crippen MR) is 51.8 cm³/mol. The molecule has 1 atom stereocenters. The zero-order chi connectivity index (χ0) is 12.3. The third kappa shape index (κ3) is 2.71. The van der Waals surface area contributed by atoms with Crippen LogP contribution in [0.2, 0.25) is 0 Å². The maximum absolute atomic E-state index is 13.3. The number of hydrogen-bond acceptors (Lipinski definition) is 4. The number of halogens is 2. The molecule has 0 bridgehead atoms. The molecule has 16 heavy (non-hydrogen) atoms. The summed E-state index contributed by atoms with van der Waals surface area (Å²) in [4.78, 5) is 9.29. The molecule has 0 aromatic heterocycles. The summed E-state index contributed by atoms with van der Waals surface area (Å²) in [5.74, 6) is -2.02. The van der Waals surface area contributed by atoms with Crippen molar-refractivity contribution in [1.29, 1.82) is 0 Å². The summed E-state index contributed by atoms with van der Waals surface area (Å²) in [5, 5.41) is 18.9. The van der Waals surface area contributed by atoms with Crippen molar-refractivity contribution < 1.29 is 18.8 Å². The van der Waals surface area contributed by atoms with E-state index in [0.717, 1.165) is 6.07 Å². The van der Waals surface area contributed by atoms with Crippen LogP contribution in [0.15, 0.2) is 12.1 Å². The molecule has 0 heterocycles. The van der Waals surface area contributed by atoms with Crippen molar-refractivity contribution in [2.45, 2.75) is 12.5 Å². The lowest BCUT2D eigenvalue weighted by molar-refractivity contribution is -0.387. The minimum absolute atomic E-state index is 0.0861. The first-order valence-corrected chi connectivity index (χ1v) is 4.44. The van der Waals surface area contributed by atoms with Gasteiger partial charge < -0.3 is 10.8 Å². The average Bonchev–Trinajstić information content (AvgIpc) is 2.22. The average molecular weight is 232 g/mol. The fourth-order valence-electron chi connectivity index (χ4n) is 1.22. The van der Waals surface area contributed by atoms with Gasteiger partial charge in [0.1, 0.15) is 5.82 Å². The molecule has 0 aliphatic carbocycles. The van der Waals surface area contributed by atoms with Crippen molar-refractivity contribution in [2.75, 3.05) is 6.61 Å². The third-order valence-electron chi connectivity index (χ3n) is 2.03. The first-order chi connectivity index (χ1) is 7.45. The number of nitrogens with zero attached hydrogens (tertiary/aromatic N) is 1. The van der Waals surface area contributed by atoms with Gasteiger partial charge in [-0.1, -0.05) is 0 Å². The normalized spacial score (nSPS) is 12.5. The second-order valence-corrected chi connectivity index (χ2v) is 3.30. The lowest BCUT2D eigenvalue weighted by atomic mass is 10.1. The number of nitro benzene ring substituents is 1. The molecule has 0 saturated carbocycles. The van der Waals surface area contributed by atoms with E-state index in [1.165, 1.54) is 0 Å². The van der Waals surface area contributed by atoms with E-state index in [2.05, 4.69) is 0 Å². The van der Waals surface area contributed by atoms with Gasteiger partial charge in [0.05, 0.1) is 17.6 Å². The zero-order valence-corrected chi connectivity index (χ0v) is 8.19. The van der Waals surface area contributed by atoms with E-state index in [-0.39, 0.29) is 18.6 Å². The Labute approximate surface area is 89.6 Å². The van der Waals surface area contributed by atoms with Crippen molar-refractivity contribution >= 4 is 5.69 Å². The highest BCUT2D eigenvalue weighted by Crippen LogP contribution is 2.21. The fourth-order valence-corrected chi connectivity index (χ4v) is 1.22. The molecule has 5 nitrogen and oxygen atoms in total. The molecule has 0 amide bonds. The molecule has 0 aliphatic heterocycles. The molecule has 1 aromatic carbocycles. The van der Waals surface area contributed by atoms with E-state index < -0.39 is 28.3 Å². The zero-order valence-electron chi connectivity index (χ0n) is 8.19. The highest BCUT2D eigenvalue weighted by atomic mass is 19.1. The molecule has 0 fully saturated rings. The second-order valence-electron chi connectivity index (χ2n) is 3.30. The van der Waals surface area contributed by atoms with Crippen molar-refractivity contribution in [3.63, 3.8) is 0 Å². The van der Waals surface area contributed by atoms with E-state index in [1.807, 2.05) is 0 Å². The minimum atomic E-state index is -1.12. The Bertz CT molecular complexity index is 412. The van der Waals surface area contributed by atoms with Gasteiger partial charge in [0.15, 0.2) is 0 Å². The van der Waals surface area contributed by atoms with Crippen LogP contribution < -0.4 is 5.73 Å². The van der Waals surface area contributed by atoms with Crippen LogP contribution in [0.4, 0.5) is 14.5 Å². The van der Waals surface area contributed by atoms with Gasteiger partial charge in [0.25, 0.3) is 0 Å². The minimum Gasteiger partial charge on any atom is -0.395 e. The van der Waals surface area contributed by atoms with Gasteiger partial charge in [-0.3, -0.25) is 10.1 Å². The highest BCUT2D eigenvalue weighted by Gasteiger charge is 2.19. The van der Waals surface area contributed by atoms with Gasteiger partial charge in [-0.05, 0) is 18.1 Å². The van der Waals surface area contributed by atoms with Gasteiger partial charge in [0.2, 0.25) is 5.82 Å². The van der Waals surface area contributed by atoms with Gasteiger partial charge in [-0.2, -0.15) is 4.39 Å². The van der Waals surface area contributed by atoms with Crippen molar-refractivity contribution in [2.24, 2.45) is 5.73 Å². The molecule has 0 spiro atoms. The van der Waals surface area contributed by atoms with Crippen molar-refractivity contribution in [3.8, 4) is 0 Å². The molecule has 3 N–H and O–H groups in total. The van der Waals surface area contributed by atoms with Crippen LogP contribution in [-0.4, -0.2) is 22.7 Å². The Kier molecular flexibility index (Phi) is 3.86. The van der Waals surface area contributed by atoms with Crippen LogP contribution in [0.25, 0.3) is 0 Å². The molecule has 1 rings (SSSR count). The monoisotopic (exact) mass is 232 g/mol. The SMILES string of the molecule is NC(CO)Cc1cc(F)c([N+](=O)[O-])cc1F. The van der Waals surface area contributed by atoms with Gasteiger partial charge >= 0.3 is 5.69 Å². The molecular weight excluding hydrogens is 222 g/mol. The largest absolute Gasteiger partial charge is 0.395 e. The van der Waals surface area contributed by atoms with E-state index in [0.29, 0.717) is 6.07 Å². The van der Waals surface area contributed by atoms with Crippen molar-refractivity contribution in [1.82, 2.24) is 0 Å². The van der Waals surface area contributed by atoms with E-state index in [4.69, 9.17) is 10.8 Å². The second kappa shape index (κ2) is 4.95. The molecule has 1 aromatic rings. The third-order valence-corrected chi connectivity index (χ3v) is 2.03. The van der Waals surface area contributed by atoms with Gasteiger partial charge in [-0.15, -0.1) is 0 Å². The summed E-state index contributed by atoms with van der Waals surface area (Å²) in [5.41, 5.74) is 4.34.